The van der Waals surface area contributed by atoms with E-state index in [9.17, 15) is 20.1 Å². The van der Waals surface area contributed by atoms with Gasteiger partial charge in [-0.1, -0.05) is 20.8 Å². The van der Waals surface area contributed by atoms with Gasteiger partial charge in [-0.05, 0) is 91.3 Å². The van der Waals surface area contributed by atoms with Crippen molar-refractivity contribution in [1.82, 2.24) is 5.32 Å². The van der Waals surface area contributed by atoms with Crippen molar-refractivity contribution in [3.05, 3.63) is 0 Å². The van der Waals surface area contributed by atoms with Crippen LogP contribution in [0.4, 0.5) is 0 Å². The first-order chi connectivity index (χ1) is 14.6. The number of amides is 1. The zero-order valence-electron chi connectivity index (χ0n) is 19.6. The summed E-state index contributed by atoms with van der Waals surface area (Å²) in [5.41, 5.74) is 5.35. The molecule has 31 heavy (non-hydrogen) atoms. The number of hydrogen-bond acceptors (Lipinski definition) is 5. The molecule has 0 heterocycles. The lowest BCUT2D eigenvalue weighted by molar-refractivity contribution is -0.207. The highest BCUT2D eigenvalue weighted by Crippen LogP contribution is 2.68. The van der Waals surface area contributed by atoms with Crippen LogP contribution in [-0.2, 0) is 4.79 Å². The van der Waals surface area contributed by atoms with Crippen molar-refractivity contribution < 1.29 is 20.1 Å². The van der Waals surface area contributed by atoms with E-state index < -0.39 is 6.10 Å². The minimum Gasteiger partial charge on any atom is -0.393 e. The molecule has 0 aromatic carbocycles. The summed E-state index contributed by atoms with van der Waals surface area (Å²) in [6.45, 7) is 7.69. The number of nitrogens with one attached hydrogen (secondary N) is 1. The summed E-state index contributed by atoms with van der Waals surface area (Å²) in [5, 5.41) is 36.0. The number of rotatable bonds is 5. The van der Waals surface area contributed by atoms with E-state index in [2.05, 4.69) is 26.1 Å². The maximum absolute atomic E-state index is 12.3. The third kappa shape index (κ3) is 3.75. The minimum atomic E-state index is -0.407. The van der Waals surface area contributed by atoms with Crippen LogP contribution in [-0.4, -0.2) is 52.6 Å². The molecular formula is C25H44N2O4. The lowest BCUT2D eigenvalue weighted by Crippen LogP contribution is -2.62. The molecule has 4 rings (SSSR count). The Labute approximate surface area is 187 Å². The summed E-state index contributed by atoms with van der Waals surface area (Å²) < 4.78 is 0. The second-order valence-corrected chi connectivity index (χ2v) is 11.8. The van der Waals surface area contributed by atoms with Gasteiger partial charge in [-0.2, -0.15) is 0 Å². The summed E-state index contributed by atoms with van der Waals surface area (Å²) in [6.07, 6.45) is 5.61. The molecule has 6 nitrogen and oxygen atoms in total. The van der Waals surface area contributed by atoms with Gasteiger partial charge in [0, 0.05) is 19.5 Å². The molecule has 4 fully saturated rings. The highest BCUT2D eigenvalue weighted by Gasteiger charge is 2.65. The highest BCUT2D eigenvalue weighted by atomic mass is 16.3. The first-order valence-electron chi connectivity index (χ1n) is 12.6. The van der Waals surface area contributed by atoms with Gasteiger partial charge in [-0.3, -0.25) is 4.79 Å². The quantitative estimate of drug-likeness (QED) is 0.452. The largest absolute Gasteiger partial charge is 0.393 e. The smallest absolute Gasteiger partial charge is 0.220 e. The lowest BCUT2D eigenvalue weighted by Gasteiger charge is -2.63. The Bertz CT molecular complexity index is 674. The normalized spacial score (nSPS) is 50.2. The Morgan fingerprint density at radius 3 is 2.55 bits per heavy atom. The molecule has 0 saturated heterocycles. The van der Waals surface area contributed by atoms with Crippen molar-refractivity contribution >= 4 is 5.91 Å². The van der Waals surface area contributed by atoms with E-state index >= 15 is 0 Å². The molecule has 7 unspecified atom stereocenters. The molecule has 0 radical (unpaired) electrons. The molecule has 0 aromatic heterocycles. The van der Waals surface area contributed by atoms with Gasteiger partial charge < -0.3 is 26.4 Å². The number of nitrogens with two attached hydrogens (primary N) is 1. The van der Waals surface area contributed by atoms with Crippen molar-refractivity contribution in [3.63, 3.8) is 0 Å². The molecule has 0 aromatic rings. The number of carbonyl (C=O) groups excluding carboxylic acids is 1. The fourth-order valence-electron chi connectivity index (χ4n) is 8.85. The van der Waals surface area contributed by atoms with E-state index in [1.54, 1.807) is 0 Å². The minimum absolute atomic E-state index is 0.0435. The summed E-state index contributed by atoms with van der Waals surface area (Å²) in [6, 6.07) is 0. The summed E-state index contributed by atoms with van der Waals surface area (Å²) in [4.78, 5) is 12.3. The molecule has 4 saturated carbocycles. The summed E-state index contributed by atoms with van der Waals surface area (Å²) >= 11 is 0. The number of carbonyl (C=O) groups is 1. The zero-order valence-corrected chi connectivity index (χ0v) is 19.6. The maximum Gasteiger partial charge on any atom is 0.220 e. The van der Waals surface area contributed by atoms with Gasteiger partial charge in [-0.15, -0.1) is 0 Å². The second-order valence-electron chi connectivity index (χ2n) is 11.8. The van der Waals surface area contributed by atoms with Crippen LogP contribution in [0.2, 0.25) is 0 Å². The zero-order chi connectivity index (χ0) is 22.6. The SMILES string of the molecule is CC(CC(=O)NCCN)C1CCC2C3C(O)CC4C[C@@H](O)CC[C@@]4(C)C3C[C@@H](O)[C@@]12C. The molecule has 0 aliphatic heterocycles. The molecule has 6 N–H and O–H groups in total. The fraction of sp³-hybridized carbons (Fsp3) is 0.960. The average molecular weight is 437 g/mol. The Morgan fingerprint density at radius 1 is 1.10 bits per heavy atom. The van der Waals surface area contributed by atoms with Crippen molar-refractivity contribution in [3.8, 4) is 0 Å². The van der Waals surface area contributed by atoms with Crippen LogP contribution in [0.1, 0.15) is 72.1 Å². The first kappa shape index (κ1) is 23.5. The maximum atomic E-state index is 12.3. The predicted molar refractivity (Wildman–Crippen MR) is 120 cm³/mol. The third-order valence-electron chi connectivity index (χ3n) is 10.5. The molecule has 0 spiro atoms. The Balaban J connectivity index is 1.56. The van der Waals surface area contributed by atoms with Crippen LogP contribution in [0.15, 0.2) is 0 Å². The van der Waals surface area contributed by atoms with E-state index in [4.69, 9.17) is 5.73 Å². The van der Waals surface area contributed by atoms with E-state index in [1.165, 1.54) is 0 Å². The van der Waals surface area contributed by atoms with Crippen LogP contribution in [0.25, 0.3) is 0 Å². The van der Waals surface area contributed by atoms with Crippen molar-refractivity contribution in [1.29, 1.82) is 0 Å². The highest BCUT2D eigenvalue weighted by molar-refractivity contribution is 5.76. The van der Waals surface area contributed by atoms with Crippen molar-refractivity contribution in [2.45, 2.75) is 90.4 Å². The lowest BCUT2D eigenvalue weighted by atomic mass is 9.43. The molecule has 4 aliphatic rings. The third-order valence-corrected chi connectivity index (χ3v) is 10.5. The van der Waals surface area contributed by atoms with Gasteiger partial charge in [0.25, 0.3) is 0 Å². The molecule has 11 atom stereocenters. The number of fused-ring (bicyclic) bond motifs is 5. The van der Waals surface area contributed by atoms with Crippen LogP contribution < -0.4 is 11.1 Å². The average Bonchev–Trinajstić information content (AvgIpc) is 3.07. The molecule has 0 bridgehead atoms. The predicted octanol–water partition coefficient (Wildman–Crippen LogP) is 2.05. The number of aliphatic hydroxyl groups is 3. The van der Waals surface area contributed by atoms with Crippen LogP contribution in [0.3, 0.4) is 0 Å². The van der Waals surface area contributed by atoms with Crippen molar-refractivity contribution in [2.24, 2.45) is 52.1 Å². The Kier molecular flexibility index (Phi) is 6.50. The molecule has 1 amide bonds. The summed E-state index contributed by atoms with van der Waals surface area (Å²) in [7, 11) is 0. The van der Waals surface area contributed by atoms with Gasteiger partial charge >= 0.3 is 0 Å². The van der Waals surface area contributed by atoms with Gasteiger partial charge in [0.05, 0.1) is 18.3 Å². The first-order valence-corrected chi connectivity index (χ1v) is 12.6. The van der Waals surface area contributed by atoms with Gasteiger partial charge in [0.1, 0.15) is 0 Å². The van der Waals surface area contributed by atoms with E-state index in [-0.39, 0.29) is 46.7 Å². The molecule has 178 valence electrons. The van der Waals surface area contributed by atoms with Crippen molar-refractivity contribution in [2.75, 3.05) is 13.1 Å². The fourth-order valence-corrected chi connectivity index (χ4v) is 8.85. The monoisotopic (exact) mass is 436 g/mol. The Morgan fingerprint density at radius 2 is 1.84 bits per heavy atom. The van der Waals surface area contributed by atoms with E-state index in [0.717, 1.165) is 44.9 Å². The van der Waals surface area contributed by atoms with E-state index in [1.807, 2.05) is 0 Å². The number of hydrogen-bond donors (Lipinski definition) is 5. The van der Waals surface area contributed by atoms with Gasteiger partial charge in [-0.25, -0.2) is 0 Å². The van der Waals surface area contributed by atoms with Crippen LogP contribution in [0, 0.1) is 46.3 Å². The Hall–Kier alpha value is -0.690. The summed E-state index contributed by atoms with van der Waals surface area (Å²) in [5.74, 6) is 1.67. The van der Waals surface area contributed by atoms with Crippen LogP contribution >= 0.6 is 0 Å². The standard InChI is InChI=1S/C25H44N2O4/c1-14(10-22(31)27-9-8-26)17-4-5-18-23-19(13-21(30)25(17,18)3)24(2)7-6-16(28)11-15(24)12-20(23)29/h14-21,23,28-30H,4-13,26H2,1-3H3,(H,27,31)/t14?,15?,16-,17?,18?,19?,20?,21+,23?,24+,25-/m0/s1. The van der Waals surface area contributed by atoms with Gasteiger partial charge in [0.2, 0.25) is 5.91 Å². The molecule has 4 aliphatic carbocycles. The second kappa shape index (κ2) is 8.58. The topological polar surface area (TPSA) is 116 Å². The number of aliphatic hydroxyl groups excluding tert-OH is 3. The van der Waals surface area contributed by atoms with E-state index in [0.29, 0.717) is 37.3 Å². The molecular weight excluding hydrogens is 392 g/mol. The van der Waals surface area contributed by atoms with Crippen LogP contribution in [0.5, 0.6) is 0 Å². The molecule has 6 heteroatoms. The van der Waals surface area contributed by atoms with Gasteiger partial charge in [0.15, 0.2) is 0 Å².